The molecule has 1 unspecified atom stereocenters. The van der Waals surface area contributed by atoms with Gasteiger partial charge in [-0.25, -0.2) is 0 Å². The smallest absolute Gasteiger partial charge is 0.0957 e. The summed E-state index contributed by atoms with van der Waals surface area (Å²) in [6, 6.07) is 0. The molecule has 1 fully saturated rings. The second kappa shape index (κ2) is 5.22. The first-order valence-electron chi connectivity index (χ1n) is 5.09. The van der Waals surface area contributed by atoms with Crippen LogP contribution in [-0.4, -0.2) is 37.5 Å². The van der Waals surface area contributed by atoms with Crippen LogP contribution in [0, 0.1) is 11.3 Å². The van der Waals surface area contributed by atoms with Crippen LogP contribution in [0.1, 0.15) is 26.2 Å². The van der Waals surface area contributed by atoms with Crippen LogP contribution < -0.4 is 0 Å². The fourth-order valence-corrected chi connectivity index (χ4v) is 1.84. The zero-order chi connectivity index (χ0) is 9.68. The minimum Gasteiger partial charge on any atom is -0.384 e. The molecule has 3 nitrogen and oxygen atoms in total. The molecular weight excluding hydrogens is 164 g/mol. The molecule has 0 bridgehead atoms. The van der Waals surface area contributed by atoms with Crippen LogP contribution in [0.4, 0.5) is 0 Å². The predicted molar refractivity (Wildman–Crippen MR) is 54.2 cm³/mol. The summed E-state index contributed by atoms with van der Waals surface area (Å²) >= 11 is 0. The first-order valence-corrected chi connectivity index (χ1v) is 5.09. The normalized spacial score (nSPS) is 22.3. The zero-order valence-electron chi connectivity index (χ0n) is 8.68. The SMILES string of the molecule is CCCC(=N)N1CCC(COC)C1. The van der Waals surface area contributed by atoms with E-state index in [0.717, 1.165) is 38.4 Å². The van der Waals surface area contributed by atoms with Crippen molar-refractivity contribution in [2.45, 2.75) is 26.2 Å². The molecule has 1 rings (SSSR count). The molecule has 1 heterocycles. The number of ether oxygens (including phenoxy) is 1. The van der Waals surface area contributed by atoms with E-state index in [1.54, 1.807) is 7.11 Å². The lowest BCUT2D eigenvalue weighted by Crippen LogP contribution is -2.28. The lowest BCUT2D eigenvalue weighted by atomic mass is 10.1. The van der Waals surface area contributed by atoms with E-state index in [1.807, 2.05) is 0 Å². The number of amidine groups is 1. The van der Waals surface area contributed by atoms with Gasteiger partial charge in [0.25, 0.3) is 0 Å². The highest BCUT2D eigenvalue weighted by molar-refractivity contribution is 5.79. The summed E-state index contributed by atoms with van der Waals surface area (Å²) in [6.45, 7) is 5.03. The summed E-state index contributed by atoms with van der Waals surface area (Å²) in [5.74, 6) is 1.45. The third-order valence-corrected chi connectivity index (χ3v) is 2.56. The van der Waals surface area contributed by atoms with Crippen molar-refractivity contribution in [1.29, 1.82) is 5.41 Å². The number of rotatable bonds is 4. The standard InChI is InChI=1S/C10H20N2O/c1-3-4-10(11)12-6-5-9(7-12)8-13-2/h9,11H,3-8H2,1-2H3. The van der Waals surface area contributed by atoms with Crippen LogP contribution in [0.3, 0.4) is 0 Å². The summed E-state index contributed by atoms with van der Waals surface area (Å²) in [7, 11) is 1.75. The van der Waals surface area contributed by atoms with Crippen molar-refractivity contribution in [3.05, 3.63) is 0 Å². The molecule has 0 saturated carbocycles. The summed E-state index contributed by atoms with van der Waals surface area (Å²) < 4.78 is 5.12. The Morgan fingerprint density at radius 3 is 3.00 bits per heavy atom. The second-order valence-corrected chi connectivity index (χ2v) is 3.75. The number of nitrogens with one attached hydrogen (secondary N) is 1. The number of hydrogen-bond donors (Lipinski definition) is 1. The molecule has 13 heavy (non-hydrogen) atoms. The fraction of sp³-hybridized carbons (Fsp3) is 0.900. The summed E-state index contributed by atoms with van der Waals surface area (Å²) in [6.07, 6.45) is 3.17. The van der Waals surface area contributed by atoms with Gasteiger partial charge in [-0.2, -0.15) is 0 Å². The predicted octanol–water partition coefficient (Wildman–Crippen LogP) is 1.73. The van der Waals surface area contributed by atoms with E-state index in [9.17, 15) is 0 Å². The molecule has 0 aromatic rings. The Bertz CT molecular complexity index is 170. The van der Waals surface area contributed by atoms with Crippen molar-refractivity contribution in [1.82, 2.24) is 4.90 Å². The number of hydrogen-bond acceptors (Lipinski definition) is 2. The molecule has 0 spiro atoms. The largest absolute Gasteiger partial charge is 0.384 e. The second-order valence-electron chi connectivity index (χ2n) is 3.75. The van der Waals surface area contributed by atoms with Crippen molar-refractivity contribution >= 4 is 5.84 Å². The van der Waals surface area contributed by atoms with Crippen molar-refractivity contribution in [2.24, 2.45) is 5.92 Å². The Hall–Kier alpha value is -0.570. The van der Waals surface area contributed by atoms with Gasteiger partial charge in [0.2, 0.25) is 0 Å². The van der Waals surface area contributed by atoms with Gasteiger partial charge in [0, 0.05) is 32.5 Å². The quantitative estimate of drug-likeness (QED) is 0.533. The van der Waals surface area contributed by atoms with Gasteiger partial charge in [-0.15, -0.1) is 0 Å². The minimum atomic E-state index is 0.641. The molecule has 1 atom stereocenters. The average Bonchev–Trinajstić information content (AvgIpc) is 2.54. The minimum absolute atomic E-state index is 0.641. The van der Waals surface area contributed by atoms with Crippen molar-refractivity contribution in [3.63, 3.8) is 0 Å². The first-order chi connectivity index (χ1) is 6.27. The molecule has 0 aliphatic carbocycles. The van der Waals surface area contributed by atoms with Crippen LogP contribution in [-0.2, 0) is 4.74 Å². The van der Waals surface area contributed by atoms with E-state index in [0.29, 0.717) is 5.92 Å². The molecule has 0 aromatic carbocycles. The van der Waals surface area contributed by atoms with Crippen LogP contribution in [0.5, 0.6) is 0 Å². The highest BCUT2D eigenvalue weighted by atomic mass is 16.5. The highest BCUT2D eigenvalue weighted by Gasteiger charge is 2.23. The number of likely N-dealkylation sites (tertiary alicyclic amines) is 1. The summed E-state index contributed by atoms with van der Waals surface area (Å²) in [4.78, 5) is 2.19. The first kappa shape index (κ1) is 10.5. The van der Waals surface area contributed by atoms with Crippen LogP contribution in [0.15, 0.2) is 0 Å². The van der Waals surface area contributed by atoms with Gasteiger partial charge < -0.3 is 9.64 Å². The Labute approximate surface area is 80.6 Å². The van der Waals surface area contributed by atoms with Gasteiger partial charge in [0.15, 0.2) is 0 Å². The summed E-state index contributed by atoms with van der Waals surface area (Å²) in [5, 5.41) is 7.79. The molecule has 76 valence electrons. The maximum absolute atomic E-state index is 7.79. The Balaban J connectivity index is 2.27. The molecule has 0 amide bonds. The van der Waals surface area contributed by atoms with E-state index >= 15 is 0 Å². The Kier molecular flexibility index (Phi) is 4.22. The number of nitrogens with zero attached hydrogens (tertiary/aromatic N) is 1. The highest BCUT2D eigenvalue weighted by Crippen LogP contribution is 2.17. The van der Waals surface area contributed by atoms with E-state index in [-0.39, 0.29) is 0 Å². The van der Waals surface area contributed by atoms with Gasteiger partial charge >= 0.3 is 0 Å². The van der Waals surface area contributed by atoms with Gasteiger partial charge in [-0.05, 0) is 12.8 Å². The maximum Gasteiger partial charge on any atom is 0.0957 e. The number of methoxy groups -OCH3 is 1. The van der Waals surface area contributed by atoms with E-state index in [2.05, 4.69) is 11.8 Å². The van der Waals surface area contributed by atoms with Crippen LogP contribution >= 0.6 is 0 Å². The van der Waals surface area contributed by atoms with E-state index < -0.39 is 0 Å². The van der Waals surface area contributed by atoms with Gasteiger partial charge in [-0.1, -0.05) is 6.92 Å². The monoisotopic (exact) mass is 184 g/mol. The Morgan fingerprint density at radius 2 is 2.38 bits per heavy atom. The Morgan fingerprint density at radius 1 is 1.62 bits per heavy atom. The average molecular weight is 184 g/mol. The van der Waals surface area contributed by atoms with Crippen molar-refractivity contribution < 1.29 is 4.74 Å². The molecule has 1 aliphatic heterocycles. The summed E-state index contributed by atoms with van der Waals surface area (Å²) in [5.41, 5.74) is 0. The molecule has 0 aromatic heterocycles. The van der Waals surface area contributed by atoms with E-state index in [4.69, 9.17) is 10.1 Å². The lowest BCUT2D eigenvalue weighted by Gasteiger charge is -2.18. The molecule has 1 aliphatic rings. The van der Waals surface area contributed by atoms with Gasteiger partial charge in [0.05, 0.1) is 12.4 Å². The van der Waals surface area contributed by atoms with Crippen LogP contribution in [0.2, 0.25) is 0 Å². The molecule has 0 radical (unpaired) electrons. The molecule has 1 saturated heterocycles. The third-order valence-electron chi connectivity index (χ3n) is 2.56. The molecule has 1 N–H and O–H groups in total. The zero-order valence-corrected chi connectivity index (χ0v) is 8.68. The third kappa shape index (κ3) is 2.99. The van der Waals surface area contributed by atoms with Crippen molar-refractivity contribution in [3.8, 4) is 0 Å². The fourth-order valence-electron chi connectivity index (χ4n) is 1.84. The molecular formula is C10H20N2O. The van der Waals surface area contributed by atoms with Crippen molar-refractivity contribution in [2.75, 3.05) is 26.8 Å². The van der Waals surface area contributed by atoms with Gasteiger partial charge in [-0.3, -0.25) is 5.41 Å². The topological polar surface area (TPSA) is 36.3 Å². The van der Waals surface area contributed by atoms with Crippen LogP contribution in [0.25, 0.3) is 0 Å². The van der Waals surface area contributed by atoms with E-state index in [1.165, 1.54) is 6.42 Å². The lowest BCUT2D eigenvalue weighted by molar-refractivity contribution is 0.157. The molecule has 3 heteroatoms. The van der Waals surface area contributed by atoms with Gasteiger partial charge in [0.1, 0.15) is 0 Å². The maximum atomic E-state index is 7.79.